The minimum Gasteiger partial charge on any atom is -0.444 e. The first kappa shape index (κ1) is 14.3. The number of ether oxygens (including phenoxy) is 1. The number of carbonyl (C=O) groups excluding carboxylic acids is 2. The van der Waals surface area contributed by atoms with Crippen LogP contribution in [0.3, 0.4) is 0 Å². The van der Waals surface area contributed by atoms with Gasteiger partial charge in [0.05, 0.1) is 0 Å². The first-order chi connectivity index (χ1) is 6.85. The molecule has 0 saturated heterocycles. The molecule has 1 N–H and O–H groups in total. The van der Waals surface area contributed by atoms with E-state index in [0.717, 1.165) is 0 Å². The second kappa shape index (κ2) is 6.71. The summed E-state index contributed by atoms with van der Waals surface area (Å²) in [4.78, 5) is 22.0. The molecule has 0 atom stereocenters. The minimum atomic E-state index is -0.476. The molecule has 0 spiro atoms. The molecule has 5 heteroatoms. The molecule has 1 amide bonds. The quantitative estimate of drug-likeness (QED) is 0.756. The molecule has 0 aromatic carbocycles. The Morgan fingerprint density at radius 1 is 1.33 bits per heavy atom. The molecule has 0 aromatic rings. The van der Waals surface area contributed by atoms with Gasteiger partial charge in [-0.15, -0.1) is 0 Å². The average molecular weight is 233 g/mol. The lowest BCUT2D eigenvalue weighted by Gasteiger charge is -2.19. The van der Waals surface area contributed by atoms with E-state index in [1.807, 2.05) is 27.7 Å². The molecule has 15 heavy (non-hydrogen) atoms. The molecule has 88 valence electrons. The zero-order valence-corrected chi connectivity index (χ0v) is 10.6. The van der Waals surface area contributed by atoms with Crippen LogP contribution in [-0.4, -0.2) is 29.1 Å². The van der Waals surface area contributed by atoms with Crippen LogP contribution < -0.4 is 5.32 Å². The summed E-state index contributed by atoms with van der Waals surface area (Å²) in [6.07, 6.45) is 0.0870. The molecule has 0 aliphatic carbocycles. The summed E-state index contributed by atoms with van der Waals surface area (Å²) in [5.74, 6) is 0.589. The molecule has 0 heterocycles. The van der Waals surface area contributed by atoms with E-state index < -0.39 is 11.7 Å². The van der Waals surface area contributed by atoms with Gasteiger partial charge in [-0.05, 0) is 20.8 Å². The highest BCUT2D eigenvalue weighted by Gasteiger charge is 2.15. The Labute approximate surface area is 95.1 Å². The van der Waals surface area contributed by atoms with Crippen molar-refractivity contribution in [3.8, 4) is 0 Å². The maximum Gasteiger partial charge on any atom is 0.407 e. The lowest BCUT2D eigenvalue weighted by Crippen LogP contribution is -2.33. The molecular weight excluding hydrogens is 214 g/mol. The lowest BCUT2D eigenvalue weighted by atomic mass is 10.2. The zero-order chi connectivity index (χ0) is 11.9. The van der Waals surface area contributed by atoms with Gasteiger partial charge in [0.2, 0.25) is 0 Å². The fourth-order valence-electron chi connectivity index (χ4n) is 0.734. The number of nitrogens with one attached hydrogen (secondary N) is 1. The van der Waals surface area contributed by atoms with Crippen molar-refractivity contribution in [1.82, 2.24) is 5.32 Å². The highest BCUT2D eigenvalue weighted by molar-refractivity contribution is 8.13. The van der Waals surface area contributed by atoms with E-state index in [9.17, 15) is 9.59 Å². The molecule has 0 aromatic heterocycles. The Bertz CT molecular complexity index is 223. The van der Waals surface area contributed by atoms with Crippen LogP contribution in [0.4, 0.5) is 4.79 Å². The molecule has 0 bridgehead atoms. The topological polar surface area (TPSA) is 55.4 Å². The van der Waals surface area contributed by atoms with Crippen LogP contribution in [0.25, 0.3) is 0 Å². The van der Waals surface area contributed by atoms with Crippen molar-refractivity contribution in [2.75, 3.05) is 12.3 Å². The highest BCUT2D eigenvalue weighted by Crippen LogP contribution is 2.07. The Morgan fingerprint density at radius 3 is 2.40 bits per heavy atom. The molecule has 0 rings (SSSR count). The number of carbonyl (C=O) groups is 2. The van der Waals surface area contributed by atoms with Crippen molar-refractivity contribution in [1.29, 1.82) is 0 Å². The van der Waals surface area contributed by atoms with Gasteiger partial charge in [-0.2, -0.15) is 0 Å². The largest absolute Gasteiger partial charge is 0.444 e. The van der Waals surface area contributed by atoms with E-state index >= 15 is 0 Å². The number of thioether (sulfide) groups is 1. The number of amides is 1. The molecule has 0 saturated carbocycles. The monoisotopic (exact) mass is 233 g/mol. The third-order valence-electron chi connectivity index (χ3n) is 1.32. The van der Waals surface area contributed by atoms with Crippen LogP contribution in [0.1, 0.15) is 34.1 Å². The van der Waals surface area contributed by atoms with Crippen LogP contribution in [-0.2, 0) is 9.53 Å². The Balaban J connectivity index is 3.52. The van der Waals surface area contributed by atoms with Gasteiger partial charge < -0.3 is 10.1 Å². The maximum atomic E-state index is 11.1. The third kappa shape index (κ3) is 9.59. The normalized spacial score (nSPS) is 10.9. The first-order valence-electron chi connectivity index (χ1n) is 4.97. The second-order valence-electron chi connectivity index (χ2n) is 4.00. The van der Waals surface area contributed by atoms with Crippen molar-refractivity contribution < 1.29 is 14.3 Å². The molecule has 0 aliphatic heterocycles. The van der Waals surface area contributed by atoms with Crippen LogP contribution in [0.15, 0.2) is 0 Å². The highest BCUT2D eigenvalue weighted by atomic mass is 32.2. The number of alkyl carbamates (subject to hydrolysis) is 1. The fraction of sp³-hybridized carbons (Fsp3) is 0.800. The Hall–Kier alpha value is -0.710. The van der Waals surface area contributed by atoms with E-state index in [1.54, 1.807) is 0 Å². The first-order valence-corrected chi connectivity index (χ1v) is 5.96. The predicted molar refractivity (Wildman–Crippen MR) is 62.0 cm³/mol. The van der Waals surface area contributed by atoms with Gasteiger partial charge in [0.1, 0.15) is 5.60 Å². The van der Waals surface area contributed by atoms with Crippen LogP contribution in [0.5, 0.6) is 0 Å². The molecular formula is C10H19NO3S. The predicted octanol–water partition coefficient (Wildman–Crippen LogP) is 2.18. The van der Waals surface area contributed by atoms with Crippen LogP contribution in [0.2, 0.25) is 0 Å². The average Bonchev–Trinajstić information content (AvgIpc) is 2.09. The van der Waals surface area contributed by atoms with Crippen molar-refractivity contribution in [3.63, 3.8) is 0 Å². The second-order valence-corrected chi connectivity index (χ2v) is 5.15. The summed E-state index contributed by atoms with van der Waals surface area (Å²) in [5, 5.41) is 2.72. The summed E-state index contributed by atoms with van der Waals surface area (Å²) >= 11 is 1.23. The van der Waals surface area contributed by atoms with Crippen LogP contribution in [0, 0.1) is 0 Å². The SMILES string of the molecule is CCC(=O)SCCNC(=O)OC(C)(C)C. The van der Waals surface area contributed by atoms with Crippen molar-refractivity contribution in [2.24, 2.45) is 0 Å². The van der Waals surface area contributed by atoms with Gasteiger partial charge in [0.25, 0.3) is 0 Å². The Morgan fingerprint density at radius 2 is 1.93 bits per heavy atom. The van der Waals surface area contributed by atoms with Gasteiger partial charge in [-0.25, -0.2) is 4.79 Å². The summed E-state index contributed by atoms with van der Waals surface area (Å²) < 4.78 is 5.03. The molecule has 0 aliphatic rings. The molecule has 0 unspecified atom stereocenters. The molecule has 0 radical (unpaired) electrons. The van der Waals surface area contributed by atoms with Crippen molar-refractivity contribution in [3.05, 3.63) is 0 Å². The number of rotatable bonds is 4. The molecule has 4 nitrogen and oxygen atoms in total. The molecule has 0 fully saturated rings. The number of hydrogen-bond donors (Lipinski definition) is 1. The van der Waals surface area contributed by atoms with Crippen LogP contribution >= 0.6 is 11.8 Å². The summed E-state index contributed by atoms with van der Waals surface area (Å²) in [6.45, 7) is 7.69. The Kier molecular flexibility index (Phi) is 6.40. The smallest absolute Gasteiger partial charge is 0.407 e. The minimum absolute atomic E-state index is 0.140. The van der Waals surface area contributed by atoms with E-state index in [2.05, 4.69) is 5.32 Å². The number of hydrogen-bond acceptors (Lipinski definition) is 4. The van der Waals surface area contributed by atoms with Gasteiger partial charge in [0.15, 0.2) is 5.12 Å². The van der Waals surface area contributed by atoms with Gasteiger partial charge in [-0.3, -0.25) is 4.79 Å². The van der Waals surface area contributed by atoms with Gasteiger partial charge >= 0.3 is 6.09 Å². The van der Waals surface area contributed by atoms with E-state index in [1.165, 1.54) is 11.8 Å². The van der Waals surface area contributed by atoms with E-state index in [0.29, 0.717) is 18.7 Å². The lowest BCUT2D eigenvalue weighted by molar-refractivity contribution is -0.110. The van der Waals surface area contributed by atoms with Crippen molar-refractivity contribution in [2.45, 2.75) is 39.7 Å². The maximum absolute atomic E-state index is 11.1. The zero-order valence-electron chi connectivity index (χ0n) is 9.75. The summed E-state index contributed by atoms with van der Waals surface area (Å²) in [6, 6.07) is 0. The van der Waals surface area contributed by atoms with Crippen molar-refractivity contribution >= 4 is 23.0 Å². The summed E-state index contributed by atoms with van der Waals surface area (Å²) in [5.41, 5.74) is -0.476. The van der Waals surface area contributed by atoms with E-state index in [-0.39, 0.29) is 5.12 Å². The van der Waals surface area contributed by atoms with Gasteiger partial charge in [-0.1, -0.05) is 18.7 Å². The summed E-state index contributed by atoms with van der Waals surface area (Å²) in [7, 11) is 0. The fourth-order valence-corrected chi connectivity index (χ4v) is 1.37. The standard InChI is InChI=1S/C10H19NO3S/c1-5-8(12)15-7-6-11-9(13)14-10(2,3)4/h5-7H2,1-4H3,(H,11,13). The van der Waals surface area contributed by atoms with Gasteiger partial charge in [0, 0.05) is 18.7 Å². The third-order valence-corrected chi connectivity index (χ3v) is 2.34. The van der Waals surface area contributed by atoms with E-state index in [4.69, 9.17) is 4.74 Å².